The van der Waals surface area contributed by atoms with Crippen LogP contribution in [0.15, 0.2) is 18.2 Å². The monoisotopic (exact) mass is 291 g/mol. The summed E-state index contributed by atoms with van der Waals surface area (Å²) in [6, 6.07) is 6.70. The zero-order chi connectivity index (χ0) is 14.4. The molecule has 0 atom stereocenters. The Morgan fingerprint density at radius 1 is 1.15 bits per heavy atom. The van der Waals surface area contributed by atoms with Crippen LogP contribution < -0.4 is 5.32 Å². The number of thiophene rings is 1. The zero-order valence-corrected chi connectivity index (χ0v) is 13.6. The van der Waals surface area contributed by atoms with E-state index in [4.69, 9.17) is 0 Å². The Hall–Kier alpha value is -1.13. The van der Waals surface area contributed by atoms with Crippen molar-refractivity contribution < 1.29 is 0 Å². The van der Waals surface area contributed by atoms with Gasteiger partial charge in [-0.1, -0.05) is 20.8 Å². The first-order valence-electron chi connectivity index (χ1n) is 7.60. The lowest BCUT2D eigenvalue weighted by Gasteiger charge is -2.03. The second kappa shape index (κ2) is 7.60. The van der Waals surface area contributed by atoms with E-state index in [0.29, 0.717) is 0 Å². The molecule has 2 aromatic heterocycles. The van der Waals surface area contributed by atoms with Crippen LogP contribution in [0.2, 0.25) is 0 Å². The molecule has 0 radical (unpaired) electrons. The highest BCUT2D eigenvalue weighted by molar-refractivity contribution is 7.11. The van der Waals surface area contributed by atoms with Gasteiger partial charge in [-0.25, -0.2) is 0 Å². The fraction of sp³-hybridized carbons (Fsp3) is 0.562. The van der Waals surface area contributed by atoms with E-state index in [1.165, 1.54) is 27.6 Å². The lowest BCUT2D eigenvalue weighted by atomic mass is 10.2. The normalized spacial score (nSPS) is 11.2. The van der Waals surface area contributed by atoms with Gasteiger partial charge < -0.3 is 5.32 Å². The largest absolute Gasteiger partial charge is 0.312 e. The summed E-state index contributed by atoms with van der Waals surface area (Å²) in [6.45, 7) is 9.53. The van der Waals surface area contributed by atoms with Crippen LogP contribution in [0.5, 0.6) is 0 Å². The number of aromatic nitrogens is 2. The Kier molecular flexibility index (Phi) is 5.80. The van der Waals surface area contributed by atoms with Crippen molar-refractivity contribution in [2.24, 2.45) is 0 Å². The van der Waals surface area contributed by atoms with Crippen molar-refractivity contribution in [3.63, 3.8) is 0 Å². The van der Waals surface area contributed by atoms with Gasteiger partial charge in [-0.15, -0.1) is 11.3 Å². The van der Waals surface area contributed by atoms with Crippen molar-refractivity contribution in [1.29, 1.82) is 0 Å². The first-order valence-corrected chi connectivity index (χ1v) is 8.42. The Morgan fingerprint density at radius 3 is 2.65 bits per heavy atom. The molecule has 0 saturated heterocycles. The molecule has 0 spiro atoms. The van der Waals surface area contributed by atoms with Crippen LogP contribution in [0, 0.1) is 0 Å². The fourth-order valence-corrected chi connectivity index (χ4v) is 3.22. The highest BCUT2D eigenvalue weighted by atomic mass is 32.1. The molecular formula is C16H25N3S. The maximum Gasteiger partial charge on any atom is 0.0755 e. The lowest BCUT2D eigenvalue weighted by molar-refractivity contribution is 0.646. The summed E-state index contributed by atoms with van der Waals surface area (Å²) in [6.07, 6.45) is 3.24. The summed E-state index contributed by atoms with van der Waals surface area (Å²) in [5, 5.41) is 8.14. The van der Waals surface area contributed by atoms with Crippen LogP contribution in [-0.2, 0) is 25.9 Å². The van der Waals surface area contributed by atoms with E-state index in [9.17, 15) is 0 Å². The maximum absolute atomic E-state index is 4.69. The molecule has 0 unspecified atom stereocenters. The number of hydrogen-bond donors (Lipinski definition) is 1. The Labute approximate surface area is 126 Å². The number of hydrogen-bond acceptors (Lipinski definition) is 3. The molecule has 110 valence electrons. The van der Waals surface area contributed by atoms with Crippen LogP contribution in [-0.4, -0.2) is 16.3 Å². The van der Waals surface area contributed by atoms with E-state index in [2.05, 4.69) is 54.1 Å². The molecule has 0 saturated carbocycles. The van der Waals surface area contributed by atoms with Crippen LogP contribution in [0.4, 0.5) is 0 Å². The molecule has 1 N–H and O–H groups in total. The second-order valence-corrected chi connectivity index (χ2v) is 6.29. The first kappa shape index (κ1) is 15.3. The third kappa shape index (κ3) is 3.93. The molecule has 0 fully saturated rings. The van der Waals surface area contributed by atoms with Crippen LogP contribution >= 0.6 is 11.3 Å². The van der Waals surface area contributed by atoms with Crippen molar-refractivity contribution in [3.8, 4) is 0 Å². The molecule has 0 aliphatic carbocycles. The highest BCUT2D eigenvalue weighted by Crippen LogP contribution is 2.19. The first-order chi connectivity index (χ1) is 9.76. The van der Waals surface area contributed by atoms with Crippen LogP contribution in [0.3, 0.4) is 0 Å². The van der Waals surface area contributed by atoms with Crippen LogP contribution in [0.25, 0.3) is 0 Å². The molecule has 0 aliphatic heterocycles. The third-order valence-corrected chi connectivity index (χ3v) is 4.46. The van der Waals surface area contributed by atoms with Gasteiger partial charge in [-0.05, 0) is 44.0 Å². The average Bonchev–Trinajstić information content (AvgIpc) is 3.06. The number of nitrogens with one attached hydrogen (secondary N) is 1. The van der Waals surface area contributed by atoms with E-state index in [1.807, 2.05) is 11.3 Å². The third-order valence-electron chi connectivity index (χ3n) is 3.39. The van der Waals surface area contributed by atoms with Crippen molar-refractivity contribution in [3.05, 3.63) is 39.3 Å². The van der Waals surface area contributed by atoms with Gasteiger partial charge in [0.15, 0.2) is 0 Å². The molecule has 2 heterocycles. The van der Waals surface area contributed by atoms with Crippen molar-refractivity contribution in [2.45, 2.75) is 53.1 Å². The van der Waals surface area contributed by atoms with E-state index < -0.39 is 0 Å². The average molecular weight is 291 g/mol. The van der Waals surface area contributed by atoms with Crippen molar-refractivity contribution in [1.82, 2.24) is 15.1 Å². The molecule has 0 amide bonds. The van der Waals surface area contributed by atoms with Gasteiger partial charge in [-0.3, -0.25) is 4.68 Å². The standard InChI is InChI=1S/C16H25N3S/c1-4-9-17-11-15-7-8-16(20-15)12-19-14(6-3)10-13(5-2)18-19/h7-8,10,17H,4-6,9,11-12H2,1-3H3. The van der Waals surface area contributed by atoms with Gasteiger partial charge in [0.1, 0.15) is 0 Å². The number of aryl methyl sites for hydroxylation is 2. The molecular weight excluding hydrogens is 266 g/mol. The fourth-order valence-electron chi connectivity index (χ4n) is 2.25. The zero-order valence-electron chi connectivity index (χ0n) is 12.8. The van der Waals surface area contributed by atoms with Gasteiger partial charge in [-0.2, -0.15) is 5.10 Å². The SMILES string of the molecule is CCCNCc1ccc(Cn2nc(CC)cc2CC)s1. The summed E-state index contributed by atoms with van der Waals surface area (Å²) in [5.74, 6) is 0. The highest BCUT2D eigenvalue weighted by Gasteiger charge is 2.07. The molecule has 3 nitrogen and oxygen atoms in total. The summed E-state index contributed by atoms with van der Waals surface area (Å²) < 4.78 is 2.16. The summed E-state index contributed by atoms with van der Waals surface area (Å²) >= 11 is 1.89. The summed E-state index contributed by atoms with van der Waals surface area (Å²) in [7, 11) is 0. The van der Waals surface area contributed by atoms with Gasteiger partial charge in [0, 0.05) is 22.0 Å². The molecule has 2 rings (SSSR count). The van der Waals surface area contributed by atoms with Gasteiger partial charge in [0.25, 0.3) is 0 Å². The van der Waals surface area contributed by atoms with E-state index in [-0.39, 0.29) is 0 Å². The molecule has 0 aromatic carbocycles. The Balaban J connectivity index is 2.00. The molecule has 0 bridgehead atoms. The topological polar surface area (TPSA) is 29.9 Å². The number of nitrogens with zero attached hydrogens (tertiary/aromatic N) is 2. The lowest BCUT2D eigenvalue weighted by Crippen LogP contribution is -2.12. The van der Waals surface area contributed by atoms with Crippen LogP contribution in [0.1, 0.15) is 48.3 Å². The minimum atomic E-state index is 0.904. The predicted molar refractivity (Wildman–Crippen MR) is 86.4 cm³/mol. The van der Waals surface area contributed by atoms with Gasteiger partial charge in [0.2, 0.25) is 0 Å². The molecule has 4 heteroatoms. The predicted octanol–water partition coefficient (Wildman–Crippen LogP) is 3.62. The minimum Gasteiger partial charge on any atom is -0.312 e. The van der Waals surface area contributed by atoms with E-state index in [1.54, 1.807) is 0 Å². The van der Waals surface area contributed by atoms with Crippen molar-refractivity contribution in [2.75, 3.05) is 6.54 Å². The molecule has 20 heavy (non-hydrogen) atoms. The Morgan fingerprint density at radius 2 is 1.95 bits per heavy atom. The second-order valence-electron chi connectivity index (χ2n) is 5.04. The molecule has 0 aliphatic rings. The molecule has 2 aromatic rings. The number of rotatable bonds is 8. The summed E-state index contributed by atoms with van der Waals surface area (Å²) in [5.41, 5.74) is 2.53. The summed E-state index contributed by atoms with van der Waals surface area (Å²) in [4.78, 5) is 2.80. The smallest absolute Gasteiger partial charge is 0.0755 e. The van der Waals surface area contributed by atoms with Crippen molar-refractivity contribution >= 4 is 11.3 Å². The maximum atomic E-state index is 4.69. The van der Waals surface area contributed by atoms with E-state index >= 15 is 0 Å². The van der Waals surface area contributed by atoms with Gasteiger partial charge in [0.05, 0.1) is 12.2 Å². The van der Waals surface area contributed by atoms with Gasteiger partial charge >= 0.3 is 0 Å². The minimum absolute atomic E-state index is 0.904. The Bertz CT molecular complexity index is 528. The van der Waals surface area contributed by atoms with E-state index in [0.717, 1.165) is 32.5 Å². The quantitative estimate of drug-likeness (QED) is 0.753.